The molecule has 0 spiro atoms. The van der Waals surface area contributed by atoms with Crippen LogP contribution in [-0.2, 0) is 4.74 Å². The van der Waals surface area contributed by atoms with E-state index in [0.717, 1.165) is 11.5 Å². The first-order valence-electron chi connectivity index (χ1n) is 11.2. The monoisotopic (exact) mass is 394 g/mol. The van der Waals surface area contributed by atoms with Gasteiger partial charge >= 0.3 is 5.97 Å². The van der Waals surface area contributed by atoms with Crippen LogP contribution in [0.15, 0.2) is 54.6 Å². The lowest BCUT2D eigenvalue weighted by Gasteiger charge is -2.29. The Morgan fingerprint density at radius 1 is 1.00 bits per heavy atom. The highest BCUT2D eigenvalue weighted by atomic mass is 16.6. The fourth-order valence-electron chi connectivity index (χ4n) is 4.43. The summed E-state index contributed by atoms with van der Waals surface area (Å²) in [6.07, 6.45) is 9.95. The van der Waals surface area contributed by atoms with Gasteiger partial charge in [0.05, 0.1) is 12.2 Å². The highest BCUT2D eigenvalue weighted by molar-refractivity contribution is 5.89. The van der Waals surface area contributed by atoms with E-state index >= 15 is 0 Å². The summed E-state index contributed by atoms with van der Waals surface area (Å²) in [6, 6.07) is 17.3. The molecule has 0 aliphatic heterocycles. The number of hydrogen-bond donors (Lipinski definition) is 1. The lowest BCUT2D eigenvalue weighted by Crippen LogP contribution is -2.15. The van der Waals surface area contributed by atoms with Crippen molar-refractivity contribution in [2.24, 2.45) is 5.92 Å². The van der Waals surface area contributed by atoms with Crippen LogP contribution in [0.25, 0.3) is 0 Å². The lowest BCUT2D eigenvalue weighted by molar-refractivity contribution is 0.0133. The smallest absolute Gasteiger partial charge is 0.338 e. The molecule has 0 aromatic heterocycles. The molecular weight excluding hydrogens is 360 g/mol. The van der Waals surface area contributed by atoms with Crippen molar-refractivity contribution in [2.45, 2.75) is 70.3 Å². The average molecular weight is 395 g/mol. The summed E-state index contributed by atoms with van der Waals surface area (Å²) < 4.78 is 5.53. The van der Waals surface area contributed by atoms with Crippen molar-refractivity contribution in [1.82, 2.24) is 0 Å². The molecule has 2 aromatic rings. The van der Waals surface area contributed by atoms with E-state index in [1.165, 1.54) is 56.9 Å². The van der Waals surface area contributed by atoms with Crippen molar-refractivity contribution in [3.63, 3.8) is 0 Å². The lowest BCUT2D eigenvalue weighted by atomic mass is 9.77. The third kappa shape index (κ3) is 6.17. The second-order valence-electron chi connectivity index (χ2n) is 8.32. The van der Waals surface area contributed by atoms with Crippen molar-refractivity contribution >= 4 is 5.97 Å². The molecule has 1 saturated carbocycles. The first kappa shape index (κ1) is 21.6. The Labute approximate surface area is 175 Å². The standard InChI is InChI=1S/C26H34O3/c1-2-3-5-8-20-11-13-21(14-12-20)22-15-17-24(18-16-22)26(28)29-25(19-27)23-9-6-4-7-10-23/h4,6-7,9-10,15-18,20-21,25,27H,2-3,5,8,11-14,19H2,1H3/t20?,21?,25-/m1/s1. The van der Waals surface area contributed by atoms with E-state index in [4.69, 9.17) is 4.74 Å². The largest absolute Gasteiger partial charge is 0.451 e. The normalized spacial score (nSPS) is 20.2. The number of esters is 1. The van der Waals surface area contributed by atoms with Crippen LogP contribution in [0.5, 0.6) is 0 Å². The molecule has 3 rings (SSSR count). The molecule has 3 nitrogen and oxygen atoms in total. The molecule has 0 bridgehead atoms. The number of benzene rings is 2. The Morgan fingerprint density at radius 3 is 2.31 bits per heavy atom. The molecule has 0 unspecified atom stereocenters. The van der Waals surface area contributed by atoms with Gasteiger partial charge < -0.3 is 9.84 Å². The molecule has 2 aromatic carbocycles. The number of hydrogen-bond acceptors (Lipinski definition) is 3. The van der Waals surface area contributed by atoms with Gasteiger partial charge in [-0.1, -0.05) is 75.1 Å². The van der Waals surface area contributed by atoms with E-state index in [-0.39, 0.29) is 12.6 Å². The van der Waals surface area contributed by atoms with Crippen LogP contribution in [0.4, 0.5) is 0 Å². The van der Waals surface area contributed by atoms with Gasteiger partial charge in [0, 0.05) is 0 Å². The topological polar surface area (TPSA) is 46.5 Å². The SMILES string of the molecule is CCCCCC1CCC(c2ccc(C(=O)O[C@H](CO)c3ccccc3)cc2)CC1. The van der Waals surface area contributed by atoms with Gasteiger partial charge in [-0.25, -0.2) is 4.79 Å². The summed E-state index contributed by atoms with van der Waals surface area (Å²) in [4.78, 5) is 12.5. The van der Waals surface area contributed by atoms with Crippen molar-refractivity contribution < 1.29 is 14.6 Å². The molecule has 1 fully saturated rings. The summed E-state index contributed by atoms with van der Waals surface area (Å²) in [7, 11) is 0. The summed E-state index contributed by atoms with van der Waals surface area (Å²) >= 11 is 0. The molecule has 1 atom stereocenters. The van der Waals surface area contributed by atoms with Gasteiger partial charge in [0.15, 0.2) is 6.10 Å². The Bertz CT molecular complexity index is 730. The third-order valence-electron chi connectivity index (χ3n) is 6.27. The molecule has 29 heavy (non-hydrogen) atoms. The number of aliphatic hydroxyl groups excluding tert-OH is 1. The van der Waals surface area contributed by atoms with Gasteiger partial charge in [-0.2, -0.15) is 0 Å². The van der Waals surface area contributed by atoms with Crippen LogP contribution in [0, 0.1) is 5.92 Å². The van der Waals surface area contributed by atoms with E-state index < -0.39 is 6.10 Å². The molecule has 0 heterocycles. The summed E-state index contributed by atoms with van der Waals surface area (Å²) in [5.74, 6) is 1.12. The number of aliphatic hydroxyl groups is 1. The summed E-state index contributed by atoms with van der Waals surface area (Å²) in [6.45, 7) is 2.04. The van der Waals surface area contributed by atoms with Gasteiger partial charge in [0.2, 0.25) is 0 Å². The Balaban J connectivity index is 1.53. The second-order valence-corrected chi connectivity index (χ2v) is 8.32. The van der Waals surface area contributed by atoms with E-state index in [1.807, 2.05) is 42.5 Å². The average Bonchev–Trinajstić information content (AvgIpc) is 2.78. The van der Waals surface area contributed by atoms with Crippen LogP contribution in [0.2, 0.25) is 0 Å². The van der Waals surface area contributed by atoms with Crippen LogP contribution in [0.3, 0.4) is 0 Å². The van der Waals surface area contributed by atoms with E-state index in [9.17, 15) is 9.90 Å². The molecule has 0 amide bonds. The Kier molecular flexibility index (Phi) is 8.30. The first-order chi connectivity index (χ1) is 14.2. The maximum absolute atomic E-state index is 12.5. The fraction of sp³-hybridized carbons (Fsp3) is 0.500. The maximum Gasteiger partial charge on any atom is 0.338 e. The summed E-state index contributed by atoms with van der Waals surface area (Å²) in [5, 5.41) is 9.60. The quantitative estimate of drug-likeness (QED) is 0.394. The Hall–Kier alpha value is -2.13. The van der Waals surface area contributed by atoms with E-state index in [0.29, 0.717) is 11.5 Å². The molecule has 156 valence electrons. The van der Waals surface area contributed by atoms with Gasteiger partial charge in [-0.3, -0.25) is 0 Å². The zero-order valence-corrected chi connectivity index (χ0v) is 17.6. The molecule has 1 N–H and O–H groups in total. The van der Waals surface area contributed by atoms with Crippen LogP contribution in [-0.4, -0.2) is 17.7 Å². The van der Waals surface area contributed by atoms with Gasteiger partial charge in [-0.15, -0.1) is 0 Å². The number of rotatable bonds is 9. The Morgan fingerprint density at radius 2 is 1.69 bits per heavy atom. The van der Waals surface area contributed by atoms with E-state index in [2.05, 4.69) is 19.1 Å². The minimum atomic E-state index is -0.633. The predicted octanol–water partition coefficient (Wildman–Crippen LogP) is 6.43. The van der Waals surface area contributed by atoms with Crippen LogP contribution >= 0.6 is 0 Å². The van der Waals surface area contributed by atoms with Gasteiger partial charge in [-0.05, 0) is 60.8 Å². The molecule has 0 saturated heterocycles. The zero-order valence-electron chi connectivity index (χ0n) is 17.6. The van der Waals surface area contributed by atoms with Crippen molar-refractivity contribution in [3.05, 3.63) is 71.3 Å². The fourth-order valence-corrected chi connectivity index (χ4v) is 4.43. The van der Waals surface area contributed by atoms with Crippen molar-refractivity contribution in [1.29, 1.82) is 0 Å². The van der Waals surface area contributed by atoms with Gasteiger partial charge in [0.1, 0.15) is 0 Å². The van der Waals surface area contributed by atoms with E-state index in [1.54, 1.807) is 0 Å². The molecular formula is C26H34O3. The molecule has 1 aliphatic rings. The second kappa shape index (κ2) is 11.2. The van der Waals surface area contributed by atoms with Crippen molar-refractivity contribution in [3.8, 4) is 0 Å². The molecule has 3 heteroatoms. The third-order valence-corrected chi connectivity index (χ3v) is 6.27. The number of carbonyl (C=O) groups is 1. The molecule has 0 radical (unpaired) electrons. The van der Waals surface area contributed by atoms with Gasteiger partial charge in [0.25, 0.3) is 0 Å². The minimum Gasteiger partial charge on any atom is -0.451 e. The predicted molar refractivity (Wildman–Crippen MR) is 117 cm³/mol. The zero-order chi connectivity index (χ0) is 20.5. The highest BCUT2D eigenvalue weighted by Gasteiger charge is 2.23. The number of ether oxygens (including phenoxy) is 1. The maximum atomic E-state index is 12.5. The summed E-state index contributed by atoms with van der Waals surface area (Å²) in [5.41, 5.74) is 2.67. The number of unbranched alkanes of at least 4 members (excludes halogenated alkanes) is 2. The minimum absolute atomic E-state index is 0.227. The first-order valence-corrected chi connectivity index (χ1v) is 11.2. The highest BCUT2D eigenvalue weighted by Crippen LogP contribution is 2.37. The molecule has 1 aliphatic carbocycles. The van der Waals surface area contributed by atoms with Crippen LogP contribution < -0.4 is 0 Å². The van der Waals surface area contributed by atoms with Crippen molar-refractivity contribution in [2.75, 3.05) is 6.61 Å². The van der Waals surface area contributed by atoms with Crippen LogP contribution in [0.1, 0.15) is 91.8 Å². The number of carbonyl (C=O) groups excluding carboxylic acids is 1.